The first-order valence-corrected chi connectivity index (χ1v) is 4.84. The number of hydrogen-bond donors (Lipinski definition) is 0. The Hall–Kier alpha value is -0.0400. The summed E-state index contributed by atoms with van der Waals surface area (Å²) in [6.45, 7) is 5.73. The highest BCUT2D eigenvalue weighted by molar-refractivity contribution is 4.93. The van der Waals surface area contributed by atoms with E-state index < -0.39 is 0 Å². The Morgan fingerprint density at radius 3 is 2.91 bits per heavy atom. The van der Waals surface area contributed by atoms with Crippen molar-refractivity contribution in [1.82, 2.24) is 0 Å². The van der Waals surface area contributed by atoms with E-state index in [1.807, 2.05) is 0 Å². The first-order valence-electron chi connectivity index (χ1n) is 4.84. The Balaban J connectivity index is 2.13. The van der Waals surface area contributed by atoms with Crippen molar-refractivity contribution < 1.29 is 4.74 Å². The van der Waals surface area contributed by atoms with E-state index in [0.29, 0.717) is 11.5 Å². The zero-order valence-electron chi connectivity index (χ0n) is 7.60. The molecule has 2 fully saturated rings. The van der Waals surface area contributed by atoms with Crippen molar-refractivity contribution in [3.63, 3.8) is 0 Å². The van der Waals surface area contributed by atoms with E-state index in [2.05, 4.69) is 13.8 Å². The lowest BCUT2D eigenvalue weighted by Gasteiger charge is -2.34. The molecule has 1 heteroatoms. The van der Waals surface area contributed by atoms with Crippen molar-refractivity contribution in [1.29, 1.82) is 0 Å². The van der Waals surface area contributed by atoms with Crippen LogP contribution in [-0.2, 0) is 4.74 Å². The highest BCUT2D eigenvalue weighted by Gasteiger charge is 2.44. The molecular weight excluding hydrogens is 136 g/mol. The molecule has 1 aliphatic heterocycles. The summed E-state index contributed by atoms with van der Waals surface area (Å²) in [5.41, 5.74) is 0.572. The average Bonchev–Trinajstić information content (AvgIpc) is 2.29. The molecule has 2 aliphatic rings. The van der Waals surface area contributed by atoms with Crippen LogP contribution in [0.25, 0.3) is 0 Å². The zero-order chi connectivity index (χ0) is 7.90. The number of rotatable bonds is 1. The maximum atomic E-state index is 5.74. The van der Waals surface area contributed by atoms with Gasteiger partial charge in [-0.25, -0.2) is 0 Å². The van der Waals surface area contributed by atoms with Gasteiger partial charge in [-0.1, -0.05) is 20.3 Å². The predicted octanol–water partition coefficient (Wildman–Crippen LogP) is 2.60. The Labute approximate surface area is 69.1 Å². The summed E-state index contributed by atoms with van der Waals surface area (Å²) in [6.07, 6.45) is 6.06. The van der Waals surface area contributed by atoms with Crippen molar-refractivity contribution in [3.05, 3.63) is 0 Å². The highest BCUT2D eigenvalue weighted by atomic mass is 16.5. The Morgan fingerprint density at radius 2 is 2.27 bits per heavy atom. The van der Waals surface area contributed by atoms with Gasteiger partial charge in [-0.3, -0.25) is 0 Å². The summed E-state index contributed by atoms with van der Waals surface area (Å²) in [5.74, 6) is 0.813. The molecule has 2 bridgehead atoms. The van der Waals surface area contributed by atoms with Gasteiger partial charge in [0.25, 0.3) is 0 Å². The van der Waals surface area contributed by atoms with Gasteiger partial charge in [-0.05, 0) is 30.6 Å². The second-order valence-electron chi connectivity index (χ2n) is 4.55. The highest BCUT2D eigenvalue weighted by Crippen LogP contribution is 2.48. The van der Waals surface area contributed by atoms with E-state index in [9.17, 15) is 0 Å². The smallest absolute Gasteiger partial charge is 0.0581 e. The second-order valence-corrected chi connectivity index (χ2v) is 4.55. The normalized spacial score (nSPS) is 43.4. The van der Waals surface area contributed by atoms with Gasteiger partial charge in [0, 0.05) is 0 Å². The van der Waals surface area contributed by atoms with Crippen molar-refractivity contribution in [3.8, 4) is 0 Å². The molecule has 0 N–H and O–H groups in total. The lowest BCUT2D eigenvalue weighted by molar-refractivity contribution is 0.0965. The van der Waals surface area contributed by atoms with E-state index in [1.54, 1.807) is 0 Å². The fraction of sp³-hybridized carbons (Fsp3) is 1.00. The van der Waals surface area contributed by atoms with E-state index in [1.165, 1.54) is 25.7 Å². The Kier molecular flexibility index (Phi) is 1.71. The molecule has 1 saturated heterocycles. The zero-order valence-corrected chi connectivity index (χ0v) is 7.60. The molecule has 11 heavy (non-hydrogen) atoms. The second kappa shape index (κ2) is 2.48. The van der Waals surface area contributed by atoms with Crippen LogP contribution in [0.15, 0.2) is 0 Å². The fourth-order valence-electron chi connectivity index (χ4n) is 2.59. The van der Waals surface area contributed by atoms with Gasteiger partial charge in [0.2, 0.25) is 0 Å². The lowest BCUT2D eigenvalue weighted by atomic mass is 9.69. The molecule has 1 aliphatic carbocycles. The maximum absolute atomic E-state index is 5.74. The molecule has 64 valence electrons. The van der Waals surface area contributed by atoms with E-state index >= 15 is 0 Å². The monoisotopic (exact) mass is 154 g/mol. The lowest BCUT2D eigenvalue weighted by Crippen LogP contribution is -2.30. The maximum Gasteiger partial charge on any atom is 0.0581 e. The molecule has 2 atom stereocenters. The van der Waals surface area contributed by atoms with Crippen molar-refractivity contribution >= 4 is 0 Å². The molecule has 0 radical (unpaired) electrons. The summed E-state index contributed by atoms with van der Waals surface area (Å²) in [7, 11) is 0. The van der Waals surface area contributed by atoms with Crippen LogP contribution in [-0.4, -0.2) is 12.7 Å². The van der Waals surface area contributed by atoms with E-state index in [0.717, 1.165) is 12.5 Å². The summed E-state index contributed by atoms with van der Waals surface area (Å²) in [5, 5.41) is 0. The third kappa shape index (κ3) is 1.10. The van der Waals surface area contributed by atoms with Gasteiger partial charge in [0.05, 0.1) is 12.7 Å². The quantitative estimate of drug-likeness (QED) is 0.564. The van der Waals surface area contributed by atoms with Gasteiger partial charge in [-0.2, -0.15) is 0 Å². The SMILES string of the molecule is CC(C)[C@]12CCCC(C1)OC2. The van der Waals surface area contributed by atoms with Gasteiger partial charge >= 0.3 is 0 Å². The van der Waals surface area contributed by atoms with Crippen LogP contribution in [0.4, 0.5) is 0 Å². The van der Waals surface area contributed by atoms with Crippen LogP contribution in [0.1, 0.15) is 39.5 Å². The first-order chi connectivity index (χ1) is 5.23. The van der Waals surface area contributed by atoms with Gasteiger partial charge in [0.1, 0.15) is 0 Å². The predicted molar refractivity (Wildman–Crippen MR) is 45.5 cm³/mol. The van der Waals surface area contributed by atoms with Crippen molar-refractivity contribution in [2.45, 2.75) is 45.6 Å². The van der Waals surface area contributed by atoms with E-state index in [4.69, 9.17) is 4.74 Å². The van der Waals surface area contributed by atoms with Crippen LogP contribution in [0, 0.1) is 11.3 Å². The molecule has 0 aromatic heterocycles. The topological polar surface area (TPSA) is 9.23 Å². The Bertz CT molecular complexity index is 149. The Morgan fingerprint density at radius 1 is 1.45 bits per heavy atom. The van der Waals surface area contributed by atoms with Crippen LogP contribution in [0.3, 0.4) is 0 Å². The summed E-state index contributed by atoms with van der Waals surface area (Å²) in [6, 6.07) is 0. The number of fused-ring (bicyclic) bond motifs is 2. The molecule has 0 aromatic carbocycles. The molecule has 0 amide bonds. The molecule has 1 nitrogen and oxygen atoms in total. The fourth-order valence-corrected chi connectivity index (χ4v) is 2.59. The van der Waals surface area contributed by atoms with E-state index in [-0.39, 0.29) is 0 Å². The standard InChI is InChI=1S/C10H18O/c1-8(2)10-5-3-4-9(6-10)11-7-10/h8-9H,3-7H2,1-2H3/t9?,10-/m1/s1. The van der Waals surface area contributed by atoms with Gasteiger partial charge in [0.15, 0.2) is 0 Å². The third-order valence-corrected chi connectivity index (χ3v) is 3.67. The van der Waals surface area contributed by atoms with Crippen LogP contribution in [0.2, 0.25) is 0 Å². The minimum atomic E-state index is 0.572. The average molecular weight is 154 g/mol. The minimum absolute atomic E-state index is 0.572. The van der Waals surface area contributed by atoms with Crippen LogP contribution in [0.5, 0.6) is 0 Å². The largest absolute Gasteiger partial charge is 0.378 e. The third-order valence-electron chi connectivity index (χ3n) is 3.67. The molecule has 1 saturated carbocycles. The van der Waals surface area contributed by atoms with Gasteiger partial charge < -0.3 is 4.74 Å². The van der Waals surface area contributed by atoms with Crippen LogP contribution < -0.4 is 0 Å². The summed E-state index contributed by atoms with van der Waals surface area (Å²) < 4.78 is 5.74. The summed E-state index contributed by atoms with van der Waals surface area (Å²) in [4.78, 5) is 0. The van der Waals surface area contributed by atoms with Crippen LogP contribution >= 0.6 is 0 Å². The first kappa shape index (κ1) is 7.60. The molecule has 1 unspecified atom stereocenters. The van der Waals surface area contributed by atoms with Crippen molar-refractivity contribution in [2.24, 2.45) is 11.3 Å². The molecule has 0 aromatic rings. The summed E-state index contributed by atoms with van der Waals surface area (Å²) >= 11 is 0. The number of ether oxygens (including phenoxy) is 1. The molecule has 1 heterocycles. The molecular formula is C10H18O. The number of hydrogen-bond acceptors (Lipinski definition) is 1. The minimum Gasteiger partial charge on any atom is -0.378 e. The van der Waals surface area contributed by atoms with Crippen molar-refractivity contribution in [2.75, 3.05) is 6.61 Å². The molecule has 2 rings (SSSR count). The van der Waals surface area contributed by atoms with Gasteiger partial charge in [-0.15, -0.1) is 0 Å². The molecule has 0 spiro atoms.